The Morgan fingerprint density at radius 2 is 1.81 bits per heavy atom. The zero-order valence-electron chi connectivity index (χ0n) is 16.4. The van der Waals surface area contributed by atoms with Crippen LogP contribution < -0.4 is 5.32 Å². The van der Waals surface area contributed by atoms with Crippen molar-refractivity contribution in [2.75, 3.05) is 5.32 Å². The Kier molecular flexibility index (Phi) is 5.20. The van der Waals surface area contributed by atoms with Crippen molar-refractivity contribution in [2.24, 2.45) is 0 Å². The molecule has 0 spiro atoms. The number of aromatic amines is 1. The number of fused-ring (bicyclic) bond motifs is 1. The lowest BCUT2D eigenvalue weighted by Gasteiger charge is -2.10. The molecule has 0 saturated carbocycles. The molecule has 8 heteroatoms. The van der Waals surface area contributed by atoms with Gasteiger partial charge < -0.3 is 10.3 Å². The van der Waals surface area contributed by atoms with Gasteiger partial charge in [-0.1, -0.05) is 42.1 Å². The van der Waals surface area contributed by atoms with E-state index in [4.69, 9.17) is 0 Å². The summed E-state index contributed by atoms with van der Waals surface area (Å²) in [6, 6.07) is 23.0. The van der Waals surface area contributed by atoms with Gasteiger partial charge in [0.15, 0.2) is 5.16 Å². The van der Waals surface area contributed by atoms with Crippen LogP contribution in [0.1, 0.15) is 15.9 Å². The van der Waals surface area contributed by atoms with Crippen LogP contribution in [0.25, 0.3) is 16.7 Å². The van der Waals surface area contributed by atoms with Crippen LogP contribution in [0.4, 0.5) is 5.69 Å². The van der Waals surface area contributed by atoms with E-state index in [9.17, 15) is 4.79 Å². The average molecular weight is 427 g/mol. The lowest BCUT2D eigenvalue weighted by atomic mass is 10.1. The van der Waals surface area contributed by atoms with Crippen LogP contribution in [0.15, 0.2) is 90.6 Å². The molecule has 0 unspecified atom stereocenters. The van der Waals surface area contributed by atoms with Gasteiger partial charge in [-0.15, -0.1) is 0 Å². The van der Waals surface area contributed by atoms with Gasteiger partial charge in [0.25, 0.3) is 5.91 Å². The van der Waals surface area contributed by atoms with E-state index >= 15 is 0 Å². The lowest BCUT2D eigenvalue weighted by molar-refractivity contribution is 0.102. The molecule has 1 amide bonds. The number of H-pyrrole nitrogens is 1. The molecule has 31 heavy (non-hydrogen) atoms. The number of nitrogens with one attached hydrogen (secondary N) is 2. The fourth-order valence-corrected chi connectivity index (χ4v) is 4.14. The van der Waals surface area contributed by atoms with Crippen molar-refractivity contribution in [1.29, 1.82) is 0 Å². The zero-order chi connectivity index (χ0) is 21.0. The fraction of sp³-hybridized carbons (Fsp3) is 0.0435. The third kappa shape index (κ3) is 4.19. The number of carbonyl (C=O) groups is 1. The van der Waals surface area contributed by atoms with Crippen LogP contribution in [0, 0.1) is 0 Å². The third-order valence-corrected chi connectivity index (χ3v) is 5.72. The van der Waals surface area contributed by atoms with Crippen molar-refractivity contribution < 1.29 is 4.79 Å². The second kappa shape index (κ2) is 8.45. The zero-order valence-corrected chi connectivity index (χ0v) is 17.2. The second-order valence-corrected chi connectivity index (χ2v) is 7.81. The molecule has 0 aliphatic rings. The van der Waals surface area contributed by atoms with Crippen LogP contribution in [0.3, 0.4) is 0 Å². The van der Waals surface area contributed by atoms with Gasteiger partial charge in [0.2, 0.25) is 0 Å². The number of nitrogens with zero attached hydrogens (tertiary/aromatic N) is 4. The average Bonchev–Trinajstić information content (AvgIpc) is 3.48. The molecule has 152 valence electrons. The van der Waals surface area contributed by atoms with Gasteiger partial charge in [-0.2, -0.15) is 5.10 Å². The van der Waals surface area contributed by atoms with Gasteiger partial charge in [-0.05, 0) is 48.0 Å². The molecule has 3 aromatic carbocycles. The van der Waals surface area contributed by atoms with Crippen LogP contribution in [-0.2, 0) is 5.75 Å². The molecule has 0 aliphatic heterocycles. The molecular formula is C23H18N6OS. The highest BCUT2D eigenvalue weighted by Crippen LogP contribution is 2.25. The Balaban J connectivity index is 1.29. The first-order valence-electron chi connectivity index (χ1n) is 9.68. The van der Waals surface area contributed by atoms with Crippen LogP contribution >= 0.6 is 11.8 Å². The number of amides is 1. The van der Waals surface area contributed by atoms with Gasteiger partial charge in [-0.25, -0.2) is 14.6 Å². The maximum atomic E-state index is 12.9. The van der Waals surface area contributed by atoms with E-state index in [1.54, 1.807) is 22.8 Å². The number of aromatic nitrogens is 5. The SMILES string of the molecule is O=C(Nc1ccc(-n2cncn2)cc1)c1ccccc1CSc1nc2ccccc2[nH]1. The first-order valence-corrected chi connectivity index (χ1v) is 10.7. The van der Waals surface area contributed by atoms with Gasteiger partial charge in [0.1, 0.15) is 12.7 Å². The highest BCUT2D eigenvalue weighted by molar-refractivity contribution is 7.98. The Morgan fingerprint density at radius 3 is 2.61 bits per heavy atom. The van der Waals surface area contributed by atoms with Crippen LogP contribution in [0.5, 0.6) is 0 Å². The number of imidazole rings is 1. The van der Waals surface area contributed by atoms with E-state index in [1.807, 2.05) is 72.8 Å². The van der Waals surface area contributed by atoms with Crippen LogP contribution in [0.2, 0.25) is 0 Å². The summed E-state index contributed by atoms with van der Waals surface area (Å²) in [6.45, 7) is 0. The molecule has 0 aliphatic carbocycles. The van der Waals surface area contributed by atoms with Crippen molar-refractivity contribution in [2.45, 2.75) is 10.9 Å². The minimum atomic E-state index is -0.144. The summed E-state index contributed by atoms with van der Waals surface area (Å²) >= 11 is 1.58. The molecule has 5 aromatic rings. The maximum Gasteiger partial charge on any atom is 0.255 e. The first kappa shape index (κ1) is 19.1. The van der Waals surface area contributed by atoms with E-state index in [0.29, 0.717) is 17.0 Å². The summed E-state index contributed by atoms with van der Waals surface area (Å²) in [7, 11) is 0. The molecule has 0 bridgehead atoms. The Morgan fingerprint density at radius 1 is 1.00 bits per heavy atom. The number of anilines is 1. The summed E-state index contributed by atoms with van der Waals surface area (Å²) in [5, 5.41) is 7.91. The fourth-order valence-electron chi connectivity index (χ4n) is 3.25. The summed E-state index contributed by atoms with van der Waals surface area (Å²) in [6.07, 6.45) is 3.11. The Hall–Kier alpha value is -3.91. The molecular weight excluding hydrogens is 408 g/mol. The number of thioether (sulfide) groups is 1. The van der Waals surface area contributed by atoms with Crippen molar-refractivity contribution in [1.82, 2.24) is 24.7 Å². The normalized spacial score (nSPS) is 11.0. The number of hydrogen-bond acceptors (Lipinski definition) is 5. The quantitative estimate of drug-likeness (QED) is 0.385. The largest absolute Gasteiger partial charge is 0.333 e. The van der Waals surface area contributed by atoms with E-state index in [1.165, 1.54) is 6.33 Å². The minimum Gasteiger partial charge on any atom is -0.333 e. The summed E-state index contributed by atoms with van der Waals surface area (Å²) in [5.41, 5.74) is 5.12. The predicted molar refractivity (Wildman–Crippen MR) is 121 cm³/mol. The monoisotopic (exact) mass is 426 g/mol. The van der Waals surface area contributed by atoms with Gasteiger partial charge in [-0.3, -0.25) is 4.79 Å². The first-order chi connectivity index (χ1) is 15.3. The smallest absolute Gasteiger partial charge is 0.255 e. The third-order valence-electron chi connectivity index (χ3n) is 4.80. The van der Waals surface area contributed by atoms with Crippen molar-refractivity contribution in [3.05, 3.63) is 96.6 Å². The molecule has 2 heterocycles. The standard InChI is InChI=1S/C23H18N6OS/c30-22(26-17-9-11-18(12-10-17)29-15-24-14-25-29)19-6-2-1-5-16(19)13-31-23-27-20-7-3-4-8-21(20)28-23/h1-12,14-15H,13H2,(H,26,30)(H,27,28). The van der Waals surface area contributed by atoms with E-state index in [2.05, 4.69) is 25.4 Å². The molecule has 2 aromatic heterocycles. The Bertz CT molecular complexity index is 1290. The van der Waals surface area contributed by atoms with Crippen LogP contribution in [-0.4, -0.2) is 30.6 Å². The molecule has 5 rings (SSSR count). The lowest BCUT2D eigenvalue weighted by Crippen LogP contribution is -2.14. The Labute approximate surface area is 182 Å². The highest BCUT2D eigenvalue weighted by Gasteiger charge is 2.13. The van der Waals surface area contributed by atoms with Gasteiger partial charge in [0, 0.05) is 17.0 Å². The topological polar surface area (TPSA) is 88.5 Å². The molecule has 0 fully saturated rings. The van der Waals surface area contributed by atoms with Crippen molar-refractivity contribution >= 4 is 34.4 Å². The molecule has 2 N–H and O–H groups in total. The molecule has 0 saturated heterocycles. The van der Waals surface area contributed by atoms with Gasteiger partial charge >= 0.3 is 0 Å². The highest BCUT2D eigenvalue weighted by atomic mass is 32.2. The molecule has 0 radical (unpaired) electrons. The maximum absolute atomic E-state index is 12.9. The van der Waals surface area contributed by atoms with E-state index in [0.717, 1.165) is 27.4 Å². The second-order valence-electron chi connectivity index (χ2n) is 6.85. The minimum absolute atomic E-state index is 0.144. The summed E-state index contributed by atoms with van der Waals surface area (Å²) in [5.74, 6) is 0.489. The van der Waals surface area contributed by atoms with Crippen molar-refractivity contribution in [3.8, 4) is 5.69 Å². The van der Waals surface area contributed by atoms with E-state index in [-0.39, 0.29) is 5.91 Å². The number of benzene rings is 3. The number of para-hydroxylation sites is 2. The van der Waals surface area contributed by atoms with E-state index < -0.39 is 0 Å². The number of rotatable bonds is 6. The molecule has 7 nitrogen and oxygen atoms in total. The number of carbonyl (C=O) groups excluding carboxylic acids is 1. The summed E-state index contributed by atoms with van der Waals surface area (Å²) in [4.78, 5) is 24.8. The molecule has 0 atom stereocenters. The summed E-state index contributed by atoms with van der Waals surface area (Å²) < 4.78 is 1.66. The van der Waals surface area contributed by atoms with Gasteiger partial charge in [0.05, 0.1) is 16.7 Å². The van der Waals surface area contributed by atoms with Crippen molar-refractivity contribution in [3.63, 3.8) is 0 Å². The predicted octanol–water partition coefficient (Wildman–Crippen LogP) is 4.69. The number of hydrogen-bond donors (Lipinski definition) is 2.